The standard InChI is InChI=1S/C17H20O3.C2H6/c1-4-6-13(5-2)14-7-9-15(10-8-14)17(20)12(3)11-16(18)19;1-2/h4-10,12H,11H2,1-3H3,(H,18,19);1-2H3/b6-4-,13-5+;. The number of hydrogen-bond acceptors (Lipinski definition) is 2. The molecule has 0 radical (unpaired) electrons. The van der Waals surface area contributed by atoms with E-state index in [0.717, 1.165) is 11.1 Å². The van der Waals surface area contributed by atoms with Crippen molar-refractivity contribution in [1.29, 1.82) is 0 Å². The minimum atomic E-state index is -0.952. The quantitative estimate of drug-likeness (QED) is 0.595. The van der Waals surface area contributed by atoms with Crippen LogP contribution < -0.4 is 0 Å². The van der Waals surface area contributed by atoms with Crippen LogP contribution in [0.3, 0.4) is 0 Å². The smallest absolute Gasteiger partial charge is 0.304 e. The van der Waals surface area contributed by atoms with E-state index < -0.39 is 11.9 Å². The summed E-state index contributed by atoms with van der Waals surface area (Å²) in [6.45, 7) is 9.56. The molecule has 1 unspecified atom stereocenters. The number of carbonyl (C=O) groups excluding carboxylic acids is 1. The topological polar surface area (TPSA) is 54.4 Å². The predicted molar refractivity (Wildman–Crippen MR) is 92.0 cm³/mol. The van der Waals surface area contributed by atoms with Crippen molar-refractivity contribution in [2.45, 2.75) is 41.0 Å². The van der Waals surface area contributed by atoms with Crippen molar-refractivity contribution < 1.29 is 14.7 Å². The van der Waals surface area contributed by atoms with Crippen molar-refractivity contribution >= 4 is 17.3 Å². The first-order valence-electron chi connectivity index (χ1n) is 7.65. The van der Waals surface area contributed by atoms with Crippen LogP contribution >= 0.6 is 0 Å². The highest BCUT2D eigenvalue weighted by atomic mass is 16.4. The summed E-state index contributed by atoms with van der Waals surface area (Å²) in [7, 11) is 0. The Kier molecular flexibility index (Phi) is 9.51. The van der Waals surface area contributed by atoms with Gasteiger partial charge in [-0.2, -0.15) is 0 Å². The normalized spacial score (nSPS) is 12.5. The van der Waals surface area contributed by atoms with Crippen LogP contribution in [0.2, 0.25) is 0 Å². The molecular formula is C19H26O3. The number of allylic oxidation sites excluding steroid dienone is 4. The van der Waals surface area contributed by atoms with E-state index in [9.17, 15) is 9.59 Å². The van der Waals surface area contributed by atoms with Crippen LogP contribution in [0.1, 0.15) is 57.0 Å². The summed E-state index contributed by atoms with van der Waals surface area (Å²) in [6.07, 6.45) is 5.83. The number of carboxylic acid groups (broad SMARTS) is 1. The summed E-state index contributed by atoms with van der Waals surface area (Å²) in [6, 6.07) is 7.28. The Balaban J connectivity index is 0.00000211. The van der Waals surface area contributed by atoms with E-state index in [0.29, 0.717) is 5.56 Å². The molecule has 3 heteroatoms. The van der Waals surface area contributed by atoms with Gasteiger partial charge in [0.2, 0.25) is 0 Å². The number of hydrogen-bond donors (Lipinski definition) is 1. The second-order valence-electron chi connectivity index (χ2n) is 4.68. The zero-order chi connectivity index (χ0) is 17.1. The second kappa shape index (κ2) is 10.6. The molecule has 0 fully saturated rings. The van der Waals surface area contributed by atoms with Gasteiger partial charge in [-0.25, -0.2) is 0 Å². The number of Topliss-reactive ketones (excluding diaryl/α,β-unsaturated/α-hetero) is 1. The molecule has 0 aromatic heterocycles. The van der Waals surface area contributed by atoms with Crippen LogP contribution in [0.15, 0.2) is 42.5 Å². The van der Waals surface area contributed by atoms with Gasteiger partial charge in [0.15, 0.2) is 5.78 Å². The Morgan fingerprint density at radius 1 is 1.09 bits per heavy atom. The third-order valence-electron chi connectivity index (χ3n) is 3.09. The monoisotopic (exact) mass is 302 g/mol. The maximum Gasteiger partial charge on any atom is 0.304 e. The maximum absolute atomic E-state index is 12.1. The molecule has 0 spiro atoms. The van der Waals surface area contributed by atoms with Gasteiger partial charge in [0, 0.05) is 11.5 Å². The van der Waals surface area contributed by atoms with Crippen LogP contribution in [0, 0.1) is 5.92 Å². The van der Waals surface area contributed by atoms with Gasteiger partial charge in [0.1, 0.15) is 0 Å². The van der Waals surface area contributed by atoms with E-state index in [2.05, 4.69) is 0 Å². The molecule has 0 saturated heterocycles. The summed E-state index contributed by atoms with van der Waals surface area (Å²) >= 11 is 0. The summed E-state index contributed by atoms with van der Waals surface area (Å²) < 4.78 is 0. The summed E-state index contributed by atoms with van der Waals surface area (Å²) in [5.41, 5.74) is 2.68. The molecule has 120 valence electrons. The fourth-order valence-corrected chi connectivity index (χ4v) is 2.00. The van der Waals surface area contributed by atoms with Crippen LogP contribution in [0.4, 0.5) is 0 Å². The Morgan fingerprint density at radius 3 is 2.00 bits per heavy atom. The summed E-state index contributed by atoms with van der Waals surface area (Å²) in [4.78, 5) is 22.7. The van der Waals surface area contributed by atoms with Crippen molar-refractivity contribution in [1.82, 2.24) is 0 Å². The fourth-order valence-electron chi connectivity index (χ4n) is 2.00. The minimum absolute atomic E-state index is 0.132. The Morgan fingerprint density at radius 2 is 1.59 bits per heavy atom. The summed E-state index contributed by atoms with van der Waals surface area (Å²) in [5, 5.41) is 8.72. The first kappa shape index (κ1) is 19.8. The molecule has 22 heavy (non-hydrogen) atoms. The SMILES string of the molecule is C/C=C\C(=C/C)c1ccc(C(=O)C(C)CC(=O)O)cc1.CC. The number of carboxylic acids is 1. The zero-order valence-electron chi connectivity index (χ0n) is 14.1. The first-order chi connectivity index (χ1) is 10.5. The molecule has 1 N–H and O–H groups in total. The molecule has 1 rings (SSSR count). The van der Waals surface area contributed by atoms with Gasteiger partial charge >= 0.3 is 5.97 Å². The molecule has 0 heterocycles. The van der Waals surface area contributed by atoms with E-state index in [4.69, 9.17) is 5.11 Å². The van der Waals surface area contributed by atoms with E-state index in [1.54, 1.807) is 19.1 Å². The van der Waals surface area contributed by atoms with Crippen LogP contribution in [0.25, 0.3) is 5.57 Å². The largest absolute Gasteiger partial charge is 0.481 e. The lowest BCUT2D eigenvalue weighted by Gasteiger charge is -2.09. The lowest BCUT2D eigenvalue weighted by Crippen LogP contribution is -2.15. The number of aliphatic carboxylic acids is 1. The number of ketones is 1. The van der Waals surface area contributed by atoms with Gasteiger partial charge in [-0.1, -0.05) is 63.3 Å². The molecule has 1 atom stereocenters. The Labute approximate surface area is 133 Å². The van der Waals surface area contributed by atoms with Crippen molar-refractivity contribution in [3.05, 3.63) is 53.6 Å². The molecular weight excluding hydrogens is 276 g/mol. The minimum Gasteiger partial charge on any atom is -0.481 e. The Hall–Kier alpha value is -2.16. The van der Waals surface area contributed by atoms with Crippen molar-refractivity contribution in [2.24, 2.45) is 5.92 Å². The third kappa shape index (κ3) is 6.08. The molecule has 0 amide bonds. The molecule has 0 aliphatic carbocycles. The highest BCUT2D eigenvalue weighted by molar-refractivity contribution is 5.99. The highest BCUT2D eigenvalue weighted by Gasteiger charge is 2.18. The maximum atomic E-state index is 12.1. The fraction of sp³-hybridized carbons (Fsp3) is 0.368. The van der Waals surface area contributed by atoms with E-state index in [1.165, 1.54) is 0 Å². The number of rotatable bonds is 6. The van der Waals surface area contributed by atoms with Gasteiger partial charge in [-0.3, -0.25) is 9.59 Å². The van der Waals surface area contributed by atoms with Crippen LogP contribution in [-0.4, -0.2) is 16.9 Å². The van der Waals surface area contributed by atoms with Gasteiger partial charge in [-0.15, -0.1) is 0 Å². The van der Waals surface area contributed by atoms with Gasteiger partial charge in [0.25, 0.3) is 0 Å². The molecule has 0 aliphatic rings. The highest BCUT2D eigenvalue weighted by Crippen LogP contribution is 2.19. The van der Waals surface area contributed by atoms with Gasteiger partial charge < -0.3 is 5.11 Å². The van der Waals surface area contributed by atoms with Crippen molar-refractivity contribution in [2.75, 3.05) is 0 Å². The Bertz CT molecular complexity index is 536. The average Bonchev–Trinajstić information content (AvgIpc) is 2.53. The lowest BCUT2D eigenvalue weighted by atomic mass is 9.94. The van der Waals surface area contributed by atoms with Gasteiger partial charge in [0.05, 0.1) is 6.42 Å². The van der Waals surface area contributed by atoms with Crippen molar-refractivity contribution in [3.8, 4) is 0 Å². The van der Waals surface area contributed by atoms with Crippen LogP contribution in [-0.2, 0) is 4.79 Å². The van der Waals surface area contributed by atoms with Gasteiger partial charge in [-0.05, 0) is 25.0 Å². The molecule has 3 nitrogen and oxygen atoms in total. The first-order valence-corrected chi connectivity index (χ1v) is 7.65. The molecule has 0 aliphatic heterocycles. The van der Waals surface area contributed by atoms with Crippen LogP contribution in [0.5, 0.6) is 0 Å². The number of benzene rings is 1. The summed E-state index contributed by atoms with van der Waals surface area (Å²) in [5.74, 6) is -1.59. The van der Waals surface area contributed by atoms with E-state index in [1.807, 2.05) is 58.1 Å². The average molecular weight is 302 g/mol. The molecule has 0 bridgehead atoms. The molecule has 0 saturated carbocycles. The second-order valence-corrected chi connectivity index (χ2v) is 4.68. The lowest BCUT2D eigenvalue weighted by molar-refractivity contribution is -0.137. The molecule has 1 aromatic rings. The van der Waals surface area contributed by atoms with E-state index in [-0.39, 0.29) is 12.2 Å². The number of carbonyl (C=O) groups is 2. The predicted octanol–water partition coefficient (Wildman–Crippen LogP) is 4.99. The van der Waals surface area contributed by atoms with E-state index >= 15 is 0 Å². The zero-order valence-corrected chi connectivity index (χ0v) is 14.1. The molecule has 1 aromatic carbocycles. The van der Waals surface area contributed by atoms with Crippen molar-refractivity contribution in [3.63, 3.8) is 0 Å². The third-order valence-corrected chi connectivity index (χ3v) is 3.09.